The number of hydrogen-bond donors (Lipinski definition) is 1. The fraction of sp³-hybridized carbons (Fsp3) is 0.263. The molecule has 27 heavy (non-hydrogen) atoms. The van der Waals surface area contributed by atoms with Crippen LogP contribution in [0.4, 0.5) is 0 Å². The van der Waals surface area contributed by atoms with Crippen molar-refractivity contribution in [1.82, 2.24) is 14.7 Å². The number of hydrogen-bond acceptors (Lipinski definition) is 5. The van der Waals surface area contributed by atoms with E-state index >= 15 is 0 Å². The van der Waals surface area contributed by atoms with E-state index in [1.807, 2.05) is 31.2 Å². The van der Waals surface area contributed by atoms with E-state index in [0.717, 1.165) is 17.4 Å². The number of benzene rings is 1. The molecule has 0 atom stereocenters. The molecule has 142 valence electrons. The number of nitrogens with zero attached hydrogens (tertiary/aromatic N) is 2. The average Bonchev–Trinajstić information content (AvgIpc) is 3.05. The summed E-state index contributed by atoms with van der Waals surface area (Å²) in [5, 5.41) is 2.64. The van der Waals surface area contributed by atoms with Crippen molar-refractivity contribution in [2.75, 3.05) is 12.9 Å². The van der Waals surface area contributed by atoms with Gasteiger partial charge in [0.05, 0.1) is 12.1 Å². The van der Waals surface area contributed by atoms with E-state index in [4.69, 9.17) is 4.74 Å². The van der Waals surface area contributed by atoms with Crippen LogP contribution < -0.4 is 5.32 Å². The summed E-state index contributed by atoms with van der Waals surface area (Å²) < 4.78 is 30.7. The Morgan fingerprint density at radius 2 is 1.85 bits per heavy atom. The molecule has 0 saturated carbocycles. The number of fused-ring (bicyclic) bond motifs is 1. The van der Waals surface area contributed by atoms with Crippen molar-refractivity contribution >= 4 is 21.3 Å². The van der Waals surface area contributed by atoms with E-state index in [0.29, 0.717) is 25.3 Å². The smallest absolute Gasteiger partial charge is 0.272 e. The third kappa shape index (κ3) is 4.35. The van der Waals surface area contributed by atoms with Gasteiger partial charge in [-0.2, -0.15) is 0 Å². The molecule has 0 radical (unpaired) electrons. The Kier molecular flexibility index (Phi) is 5.57. The lowest BCUT2D eigenvalue weighted by Gasteiger charge is -2.06. The fourth-order valence-corrected chi connectivity index (χ4v) is 3.45. The summed E-state index contributed by atoms with van der Waals surface area (Å²) in [6, 6.07) is 12.8. The summed E-state index contributed by atoms with van der Waals surface area (Å²) in [7, 11) is -3.56. The first kappa shape index (κ1) is 19.1. The number of carbonyl (C=O) groups excluding carboxylic acids is 1. The topological polar surface area (TPSA) is 89.8 Å². The number of sulfone groups is 1. The van der Waals surface area contributed by atoms with Crippen LogP contribution in [-0.2, 0) is 27.7 Å². The first-order valence-corrected chi connectivity index (χ1v) is 10.4. The molecule has 0 aliphatic heterocycles. The van der Waals surface area contributed by atoms with Gasteiger partial charge in [0.15, 0.2) is 5.69 Å². The molecule has 7 nitrogen and oxygen atoms in total. The van der Waals surface area contributed by atoms with Crippen molar-refractivity contribution in [3.8, 4) is 0 Å². The lowest BCUT2D eigenvalue weighted by atomic mass is 10.1. The highest BCUT2D eigenvalue weighted by Crippen LogP contribution is 2.17. The molecule has 0 aliphatic carbocycles. The van der Waals surface area contributed by atoms with Gasteiger partial charge >= 0.3 is 0 Å². The van der Waals surface area contributed by atoms with E-state index in [1.165, 1.54) is 4.40 Å². The minimum absolute atomic E-state index is 0.0870. The summed E-state index contributed by atoms with van der Waals surface area (Å²) in [6.07, 6.45) is 2.65. The Hall–Kier alpha value is -2.71. The van der Waals surface area contributed by atoms with Crippen LogP contribution in [-0.4, -0.2) is 36.6 Å². The van der Waals surface area contributed by atoms with Gasteiger partial charge in [-0.3, -0.25) is 9.20 Å². The van der Waals surface area contributed by atoms with Gasteiger partial charge in [-0.05, 0) is 30.2 Å². The van der Waals surface area contributed by atoms with Gasteiger partial charge in [0, 0.05) is 25.6 Å². The Morgan fingerprint density at radius 1 is 1.15 bits per heavy atom. The molecular weight excluding hydrogens is 366 g/mol. The maximum absolute atomic E-state index is 12.6. The van der Waals surface area contributed by atoms with Crippen LogP contribution in [0.1, 0.15) is 28.5 Å². The summed E-state index contributed by atoms with van der Waals surface area (Å²) in [5.41, 5.74) is 2.52. The van der Waals surface area contributed by atoms with Crippen molar-refractivity contribution in [2.24, 2.45) is 0 Å². The molecule has 0 aliphatic rings. The SMILES string of the molecule is CCOCc1ccc(CNC(=O)c2nc(S(C)(=O)=O)n3ccccc23)cc1. The van der Waals surface area contributed by atoms with Gasteiger partial charge in [-0.1, -0.05) is 30.3 Å². The zero-order valence-corrected chi connectivity index (χ0v) is 16.0. The number of aromatic nitrogens is 2. The zero-order chi connectivity index (χ0) is 19.4. The van der Waals surface area contributed by atoms with E-state index in [2.05, 4.69) is 10.3 Å². The number of pyridine rings is 1. The Bertz CT molecular complexity index is 1060. The Labute approximate surface area is 157 Å². The lowest BCUT2D eigenvalue weighted by molar-refractivity contribution is 0.0947. The molecule has 0 fully saturated rings. The van der Waals surface area contributed by atoms with Gasteiger partial charge in [0.2, 0.25) is 15.0 Å². The maximum atomic E-state index is 12.6. The zero-order valence-electron chi connectivity index (χ0n) is 15.2. The standard InChI is InChI=1S/C19H21N3O4S/c1-3-26-13-15-9-7-14(8-10-15)12-20-18(23)17-16-6-4-5-11-22(16)19(21-17)27(2,24)25/h4-11H,3,12-13H2,1-2H3,(H,20,23). The van der Waals surface area contributed by atoms with Crippen LogP contribution >= 0.6 is 0 Å². The molecular formula is C19H21N3O4S. The molecule has 1 amide bonds. The van der Waals surface area contributed by atoms with E-state index in [9.17, 15) is 13.2 Å². The summed E-state index contributed by atoms with van der Waals surface area (Å²) in [4.78, 5) is 16.6. The van der Waals surface area contributed by atoms with Crippen molar-refractivity contribution in [2.45, 2.75) is 25.2 Å². The van der Waals surface area contributed by atoms with Crippen LogP contribution in [0.25, 0.3) is 5.52 Å². The molecule has 2 heterocycles. The van der Waals surface area contributed by atoms with Crippen LogP contribution in [0, 0.1) is 0 Å². The Morgan fingerprint density at radius 3 is 2.52 bits per heavy atom. The fourth-order valence-electron chi connectivity index (χ4n) is 2.68. The minimum Gasteiger partial charge on any atom is -0.377 e. The molecule has 0 bridgehead atoms. The quantitative estimate of drug-likeness (QED) is 0.671. The Balaban J connectivity index is 1.77. The second-order valence-electron chi connectivity index (χ2n) is 6.11. The van der Waals surface area contributed by atoms with Gasteiger partial charge < -0.3 is 10.1 Å². The second kappa shape index (κ2) is 7.89. The largest absolute Gasteiger partial charge is 0.377 e. The predicted octanol–water partition coefficient (Wildman–Crippen LogP) is 2.20. The molecule has 0 unspecified atom stereocenters. The molecule has 8 heteroatoms. The normalized spacial score (nSPS) is 11.6. The van der Waals surface area contributed by atoms with E-state index in [1.54, 1.807) is 24.4 Å². The van der Waals surface area contributed by atoms with Crippen molar-refractivity contribution in [3.05, 3.63) is 65.5 Å². The highest BCUT2D eigenvalue weighted by atomic mass is 32.2. The number of ether oxygens (including phenoxy) is 1. The van der Waals surface area contributed by atoms with Crippen LogP contribution in [0.5, 0.6) is 0 Å². The summed E-state index contributed by atoms with van der Waals surface area (Å²) in [6.45, 7) is 3.47. The van der Waals surface area contributed by atoms with Crippen molar-refractivity contribution in [3.63, 3.8) is 0 Å². The lowest BCUT2D eigenvalue weighted by Crippen LogP contribution is -2.23. The van der Waals surface area contributed by atoms with E-state index < -0.39 is 15.7 Å². The number of nitrogens with one attached hydrogen (secondary N) is 1. The minimum atomic E-state index is -3.56. The second-order valence-corrected chi connectivity index (χ2v) is 8.02. The van der Waals surface area contributed by atoms with Crippen LogP contribution in [0.2, 0.25) is 0 Å². The maximum Gasteiger partial charge on any atom is 0.272 e. The summed E-state index contributed by atoms with van der Waals surface area (Å²) >= 11 is 0. The molecule has 1 N–H and O–H groups in total. The first-order valence-electron chi connectivity index (χ1n) is 8.51. The highest BCUT2D eigenvalue weighted by molar-refractivity contribution is 7.90. The molecule has 1 aromatic carbocycles. The molecule has 0 saturated heterocycles. The number of imidazole rings is 1. The van der Waals surface area contributed by atoms with Gasteiger partial charge in [0.1, 0.15) is 0 Å². The molecule has 3 rings (SSSR count). The third-order valence-corrected chi connectivity index (χ3v) is 4.96. The van der Waals surface area contributed by atoms with E-state index in [-0.39, 0.29) is 10.9 Å². The van der Waals surface area contributed by atoms with Crippen LogP contribution in [0.3, 0.4) is 0 Å². The monoisotopic (exact) mass is 387 g/mol. The van der Waals surface area contributed by atoms with Gasteiger partial charge in [0.25, 0.3) is 5.91 Å². The van der Waals surface area contributed by atoms with Gasteiger partial charge in [-0.15, -0.1) is 0 Å². The molecule has 2 aromatic heterocycles. The number of amides is 1. The average molecular weight is 387 g/mol. The van der Waals surface area contributed by atoms with Crippen molar-refractivity contribution in [1.29, 1.82) is 0 Å². The number of carbonyl (C=O) groups is 1. The molecule has 3 aromatic rings. The number of rotatable bonds is 7. The third-order valence-electron chi connectivity index (χ3n) is 4.01. The highest BCUT2D eigenvalue weighted by Gasteiger charge is 2.22. The predicted molar refractivity (Wildman–Crippen MR) is 101 cm³/mol. The molecule has 0 spiro atoms. The van der Waals surface area contributed by atoms with Crippen LogP contribution in [0.15, 0.2) is 53.8 Å². The van der Waals surface area contributed by atoms with Gasteiger partial charge in [-0.25, -0.2) is 13.4 Å². The summed E-state index contributed by atoms with van der Waals surface area (Å²) in [5.74, 6) is -0.424. The first-order chi connectivity index (χ1) is 12.9. The van der Waals surface area contributed by atoms with Crippen molar-refractivity contribution < 1.29 is 17.9 Å².